The fourth-order valence-corrected chi connectivity index (χ4v) is 4.86. The van der Waals surface area contributed by atoms with Crippen LogP contribution in [0.15, 0.2) is 24.3 Å². The third-order valence-corrected chi connectivity index (χ3v) is 7.14. The van der Waals surface area contributed by atoms with Gasteiger partial charge in [0.05, 0.1) is 6.61 Å². The highest BCUT2D eigenvalue weighted by Gasteiger charge is 2.44. The maximum absolute atomic E-state index is 13.2. The number of hydrogen-bond acceptors (Lipinski definition) is 10. The lowest BCUT2D eigenvalue weighted by atomic mass is 9.99. The molecule has 14 nitrogen and oxygen atoms in total. The molecule has 2 aliphatic heterocycles. The number of carbonyl (C=O) groups is 4. The second-order valence-electron chi connectivity index (χ2n) is 10.8. The lowest BCUT2D eigenvalue weighted by Gasteiger charge is -2.39. The van der Waals surface area contributed by atoms with Crippen molar-refractivity contribution in [3.63, 3.8) is 0 Å². The summed E-state index contributed by atoms with van der Waals surface area (Å²) in [5.41, 5.74) is 5.63. The molecule has 3 rings (SSSR count). The van der Waals surface area contributed by atoms with E-state index < -0.39 is 79.1 Å². The molecule has 2 fully saturated rings. The van der Waals surface area contributed by atoms with Crippen LogP contribution in [-0.2, 0) is 19.1 Å². The van der Waals surface area contributed by atoms with E-state index in [9.17, 15) is 39.6 Å². The maximum Gasteiger partial charge on any atom is 0.251 e. The summed E-state index contributed by atoms with van der Waals surface area (Å²) in [6, 6.07) is 3.07. The van der Waals surface area contributed by atoms with E-state index in [4.69, 9.17) is 15.2 Å². The Morgan fingerprint density at radius 3 is 2.29 bits per heavy atom. The first-order valence-electron chi connectivity index (χ1n) is 13.6. The number of benzene rings is 1. The molecular formula is C27H40N4O10. The van der Waals surface area contributed by atoms with Crippen LogP contribution in [0, 0.1) is 5.92 Å². The molecular weight excluding hydrogens is 540 g/mol. The molecule has 0 saturated carbocycles. The van der Waals surface area contributed by atoms with Gasteiger partial charge in [-0.05, 0) is 56.4 Å². The van der Waals surface area contributed by atoms with Crippen molar-refractivity contribution in [2.75, 3.05) is 13.2 Å². The Morgan fingerprint density at radius 1 is 1.05 bits per heavy atom. The first-order chi connectivity index (χ1) is 19.3. The van der Waals surface area contributed by atoms with Gasteiger partial charge >= 0.3 is 0 Å². The molecule has 228 valence electrons. The number of ether oxygens (including phenoxy) is 2. The van der Waals surface area contributed by atoms with Gasteiger partial charge in [-0.25, -0.2) is 0 Å². The molecule has 14 heteroatoms. The van der Waals surface area contributed by atoms with Gasteiger partial charge in [-0.3, -0.25) is 19.2 Å². The van der Waals surface area contributed by atoms with Crippen molar-refractivity contribution in [2.24, 2.45) is 11.7 Å². The number of aliphatic hydroxyl groups excluding tert-OH is 4. The number of nitrogens with two attached hydrogens (primary N) is 1. The standard InChI is InChI=1S/C27H40N4O10/c1-13(2)11-17(23(28)36)30-25(38)18-5-4-10-31(18)26(39)14(3)29-24(37)15-6-8-16(9-7-15)40-27-22(35)21(34)20(33)19(12-32)41-27/h6-9,13-14,17-22,27,32-35H,4-5,10-12H2,1-3H3,(H2,28,36)(H,29,37)(H,30,38)/t14-,17-,18-,19+,20-,21-,22+,27+/m0/s1. The third-order valence-electron chi connectivity index (χ3n) is 7.14. The van der Waals surface area contributed by atoms with Crippen LogP contribution >= 0.6 is 0 Å². The summed E-state index contributed by atoms with van der Waals surface area (Å²) in [5, 5.41) is 44.5. The van der Waals surface area contributed by atoms with E-state index in [0.717, 1.165) is 0 Å². The summed E-state index contributed by atoms with van der Waals surface area (Å²) < 4.78 is 10.8. The highest BCUT2D eigenvalue weighted by Crippen LogP contribution is 2.25. The minimum Gasteiger partial charge on any atom is -0.462 e. The summed E-state index contributed by atoms with van der Waals surface area (Å²) in [4.78, 5) is 52.1. The molecule has 0 spiro atoms. The molecule has 0 bridgehead atoms. The minimum atomic E-state index is -1.60. The van der Waals surface area contributed by atoms with E-state index in [2.05, 4.69) is 10.6 Å². The zero-order valence-corrected chi connectivity index (χ0v) is 23.3. The summed E-state index contributed by atoms with van der Waals surface area (Å²) in [5.74, 6) is -1.82. The number of likely N-dealkylation sites (tertiary alicyclic amines) is 1. The second-order valence-corrected chi connectivity index (χ2v) is 10.8. The Hall–Kier alpha value is -3.30. The van der Waals surface area contributed by atoms with Gasteiger partial charge in [0.25, 0.3) is 5.91 Å². The molecule has 0 radical (unpaired) electrons. The van der Waals surface area contributed by atoms with Crippen molar-refractivity contribution in [3.05, 3.63) is 29.8 Å². The number of hydrogen-bond donors (Lipinski definition) is 7. The van der Waals surface area contributed by atoms with Gasteiger partial charge in [0.15, 0.2) is 0 Å². The van der Waals surface area contributed by atoms with Crippen molar-refractivity contribution in [1.82, 2.24) is 15.5 Å². The van der Waals surface area contributed by atoms with E-state index in [1.54, 1.807) is 0 Å². The van der Waals surface area contributed by atoms with Gasteiger partial charge < -0.3 is 51.2 Å². The van der Waals surface area contributed by atoms with Crippen molar-refractivity contribution in [3.8, 4) is 5.75 Å². The van der Waals surface area contributed by atoms with Gasteiger partial charge in [0.1, 0.15) is 48.3 Å². The highest BCUT2D eigenvalue weighted by molar-refractivity contribution is 5.98. The number of amides is 4. The lowest BCUT2D eigenvalue weighted by Crippen LogP contribution is -2.60. The van der Waals surface area contributed by atoms with E-state index in [1.807, 2.05) is 13.8 Å². The van der Waals surface area contributed by atoms with Crippen LogP contribution < -0.4 is 21.1 Å². The first-order valence-corrected chi connectivity index (χ1v) is 13.6. The number of aliphatic hydroxyl groups is 4. The van der Waals surface area contributed by atoms with Crippen LogP contribution in [0.4, 0.5) is 0 Å². The topological polar surface area (TPSA) is 221 Å². The molecule has 0 aromatic heterocycles. The molecule has 8 atom stereocenters. The Kier molecular flexibility index (Phi) is 11.0. The number of nitrogens with one attached hydrogen (secondary N) is 2. The van der Waals surface area contributed by atoms with Crippen LogP contribution in [0.2, 0.25) is 0 Å². The number of nitrogens with zero attached hydrogens (tertiary/aromatic N) is 1. The third kappa shape index (κ3) is 7.92. The summed E-state index contributed by atoms with van der Waals surface area (Å²) in [6.45, 7) is 5.04. The van der Waals surface area contributed by atoms with Crippen molar-refractivity contribution < 1.29 is 49.1 Å². The predicted molar refractivity (Wildman–Crippen MR) is 143 cm³/mol. The molecule has 8 N–H and O–H groups in total. The molecule has 2 aliphatic rings. The zero-order chi connectivity index (χ0) is 30.4. The minimum absolute atomic E-state index is 0.123. The highest BCUT2D eigenvalue weighted by atomic mass is 16.7. The van der Waals surface area contributed by atoms with E-state index in [1.165, 1.54) is 36.1 Å². The quantitative estimate of drug-likeness (QED) is 0.152. The van der Waals surface area contributed by atoms with Gasteiger partial charge in [0, 0.05) is 12.1 Å². The molecule has 1 aromatic carbocycles. The van der Waals surface area contributed by atoms with Gasteiger partial charge in [0.2, 0.25) is 24.0 Å². The molecule has 1 aromatic rings. The van der Waals surface area contributed by atoms with E-state index in [-0.39, 0.29) is 17.2 Å². The van der Waals surface area contributed by atoms with Crippen molar-refractivity contribution in [2.45, 2.75) is 88.9 Å². The van der Waals surface area contributed by atoms with Crippen LogP contribution in [0.1, 0.15) is 50.4 Å². The fourth-order valence-electron chi connectivity index (χ4n) is 4.86. The number of rotatable bonds is 11. The molecule has 41 heavy (non-hydrogen) atoms. The van der Waals surface area contributed by atoms with Crippen LogP contribution in [0.5, 0.6) is 5.75 Å². The van der Waals surface area contributed by atoms with Crippen molar-refractivity contribution in [1.29, 1.82) is 0 Å². The Bertz CT molecular complexity index is 1080. The van der Waals surface area contributed by atoms with Crippen molar-refractivity contribution >= 4 is 23.6 Å². The SMILES string of the molecule is CC(C)C[C@H](NC(=O)[C@@H]1CCCN1C(=O)[C@H](C)NC(=O)c1ccc(O[C@@H]2O[C@H](CO)[C@H](O)[C@H](O)[C@H]2O)cc1)C(N)=O. The predicted octanol–water partition coefficient (Wildman–Crippen LogP) is -2.01. The average molecular weight is 581 g/mol. The number of primary amides is 1. The van der Waals surface area contributed by atoms with Crippen LogP contribution in [0.25, 0.3) is 0 Å². The summed E-state index contributed by atoms with van der Waals surface area (Å²) in [7, 11) is 0. The van der Waals surface area contributed by atoms with E-state index >= 15 is 0 Å². The average Bonchev–Trinajstić information content (AvgIpc) is 3.42. The largest absolute Gasteiger partial charge is 0.462 e. The monoisotopic (exact) mass is 580 g/mol. The van der Waals surface area contributed by atoms with Gasteiger partial charge in [-0.15, -0.1) is 0 Å². The molecule has 2 heterocycles. The first kappa shape index (κ1) is 32.2. The Morgan fingerprint density at radius 2 is 1.71 bits per heavy atom. The van der Waals surface area contributed by atoms with Gasteiger partial charge in [-0.1, -0.05) is 13.8 Å². The van der Waals surface area contributed by atoms with Crippen LogP contribution in [-0.4, -0.2) is 111 Å². The smallest absolute Gasteiger partial charge is 0.251 e. The molecule has 2 saturated heterocycles. The molecule has 4 amide bonds. The Balaban J connectivity index is 1.58. The molecule has 0 unspecified atom stereocenters. The van der Waals surface area contributed by atoms with Crippen LogP contribution in [0.3, 0.4) is 0 Å². The fraction of sp³-hybridized carbons (Fsp3) is 0.630. The Labute approximate surface area is 237 Å². The zero-order valence-electron chi connectivity index (χ0n) is 23.3. The number of carbonyl (C=O) groups excluding carboxylic acids is 4. The summed E-state index contributed by atoms with van der Waals surface area (Å²) >= 11 is 0. The normalized spacial score (nSPS) is 27.7. The van der Waals surface area contributed by atoms with E-state index in [0.29, 0.717) is 25.8 Å². The lowest BCUT2D eigenvalue weighted by molar-refractivity contribution is -0.277. The second kappa shape index (κ2) is 14.0. The molecule has 0 aliphatic carbocycles. The van der Waals surface area contributed by atoms with Gasteiger partial charge in [-0.2, -0.15) is 0 Å². The summed E-state index contributed by atoms with van der Waals surface area (Å²) in [6.07, 6.45) is -5.83. The maximum atomic E-state index is 13.2.